The summed E-state index contributed by atoms with van der Waals surface area (Å²) in [7, 11) is 0. The van der Waals surface area contributed by atoms with Crippen LogP contribution in [-0.2, 0) is 0 Å². The molecule has 18 heavy (non-hydrogen) atoms. The Morgan fingerprint density at radius 1 is 1.33 bits per heavy atom. The lowest BCUT2D eigenvalue weighted by Crippen LogP contribution is -2.52. The molecular formula is C12H13F3N2O. The van der Waals surface area contributed by atoms with Crippen LogP contribution >= 0.6 is 0 Å². The molecule has 1 fully saturated rings. The number of hydrogen-bond acceptors (Lipinski definition) is 2. The van der Waals surface area contributed by atoms with Gasteiger partial charge in [-0.15, -0.1) is 0 Å². The highest BCUT2D eigenvalue weighted by Gasteiger charge is 2.25. The molecule has 0 saturated carbocycles. The van der Waals surface area contributed by atoms with E-state index in [0.717, 1.165) is 12.1 Å². The lowest BCUT2D eigenvalue weighted by Gasteiger charge is -2.34. The topological polar surface area (TPSA) is 32.3 Å². The van der Waals surface area contributed by atoms with Crippen molar-refractivity contribution in [2.45, 2.75) is 13.0 Å². The lowest BCUT2D eigenvalue weighted by atomic mass is 10.1. The van der Waals surface area contributed by atoms with Crippen LogP contribution in [0.5, 0.6) is 0 Å². The Labute approximate surface area is 103 Å². The fourth-order valence-electron chi connectivity index (χ4n) is 1.99. The van der Waals surface area contributed by atoms with Gasteiger partial charge in [-0.25, -0.2) is 13.2 Å². The SMILES string of the molecule is C[C@@H]1CNCCN1C(=O)c1cc(F)c(F)c(F)c1. The number of hydrogen-bond donors (Lipinski definition) is 1. The van der Waals surface area contributed by atoms with E-state index < -0.39 is 23.4 Å². The summed E-state index contributed by atoms with van der Waals surface area (Å²) in [5.74, 6) is -4.73. The van der Waals surface area contributed by atoms with Crippen LogP contribution in [0.25, 0.3) is 0 Å². The van der Waals surface area contributed by atoms with Gasteiger partial charge in [0.2, 0.25) is 0 Å². The van der Waals surface area contributed by atoms with Crippen molar-refractivity contribution in [1.82, 2.24) is 10.2 Å². The second-order valence-electron chi connectivity index (χ2n) is 4.31. The van der Waals surface area contributed by atoms with E-state index in [1.807, 2.05) is 6.92 Å². The molecule has 98 valence electrons. The Bertz CT molecular complexity index is 455. The largest absolute Gasteiger partial charge is 0.333 e. The fourth-order valence-corrected chi connectivity index (χ4v) is 1.99. The Morgan fingerprint density at radius 3 is 2.50 bits per heavy atom. The number of amides is 1. The smallest absolute Gasteiger partial charge is 0.254 e. The molecule has 1 aliphatic heterocycles. The molecule has 6 heteroatoms. The van der Waals surface area contributed by atoms with E-state index in [1.54, 1.807) is 0 Å². The van der Waals surface area contributed by atoms with Crippen LogP contribution in [0.3, 0.4) is 0 Å². The van der Waals surface area contributed by atoms with Crippen molar-refractivity contribution in [3.63, 3.8) is 0 Å². The quantitative estimate of drug-likeness (QED) is 0.775. The predicted molar refractivity (Wildman–Crippen MR) is 59.7 cm³/mol. The van der Waals surface area contributed by atoms with Crippen LogP contribution < -0.4 is 5.32 Å². The van der Waals surface area contributed by atoms with Crippen molar-refractivity contribution in [1.29, 1.82) is 0 Å². The number of rotatable bonds is 1. The van der Waals surface area contributed by atoms with Crippen molar-refractivity contribution in [2.75, 3.05) is 19.6 Å². The lowest BCUT2D eigenvalue weighted by molar-refractivity contribution is 0.0654. The summed E-state index contributed by atoms with van der Waals surface area (Å²) in [6.07, 6.45) is 0. The molecule has 3 nitrogen and oxygen atoms in total. The fraction of sp³-hybridized carbons (Fsp3) is 0.417. The van der Waals surface area contributed by atoms with E-state index in [4.69, 9.17) is 0 Å². The second-order valence-corrected chi connectivity index (χ2v) is 4.31. The first-order chi connectivity index (χ1) is 8.50. The van der Waals surface area contributed by atoms with Crippen LogP contribution in [0.2, 0.25) is 0 Å². The maximum Gasteiger partial charge on any atom is 0.254 e. The van der Waals surface area contributed by atoms with Crippen molar-refractivity contribution in [3.05, 3.63) is 35.1 Å². The van der Waals surface area contributed by atoms with Gasteiger partial charge in [-0.2, -0.15) is 0 Å². The van der Waals surface area contributed by atoms with Gasteiger partial charge in [-0.3, -0.25) is 4.79 Å². The number of benzene rings is 1. The zero-order valence-electron chi connectivity index (χ0n) is 9.84. The number of piperazine rings is 1. The standard InChI is InChI=1S/C12H13F3N2O/c1-7-6-16-2-3-17(7)12(18)8-4-9(13)11(15)10(14)5-8/h4-5,7,16H,2-3,6H2,1H3/t7-/m1/s1. The highest BCUT2D eigenvalue weighted by Crippen LogP contribution is 2.16. The first-order valence-electron chi connectivity index (χ1n) is 5.67. The number of nitrogens with zero attached hydrogens (tertiary/aromatic N) is 1. The molecule has 0 spiro atoms. The molecule has 0 unspecified atom stereocenters. The third-order valence-electron chi connectivity index (χ3n) is 2.99. The average Bonchev–Trinajstić information content (AvgIpc) is 2.35. The first kappa shape index (κ1) is 12.9. The monoisotopic (exact) mass is 258 g/mol. The molecule has 1 heterocycles. The summed E-state index contributed by atoms with van der Waals surface area (Å²) in [4.78, 5) is 13.6. The summed E-state index contributed by atoms with van der Waals surface area (Å²) in [6.45, 7) is 3.54. The van der Waals surface area contributed by atoms with Crippen molar-refractivity contribution < 1.29 is 18.0 Å². The molecule has 2 rings (SSSR count). The van der Waals surface area contributed by atoms with Crippen LogP contribution in [0.1, 0.15) is 17.3 Å². The molecule has 1 aliphatic rings. The highest BCUT2D eigenvalue weighted by atomic mass is 19.2. The van der Waals surface area contributed by atoms with Gasteiger partial charge in [-0.1, -0.05) is 0 Å². The Hall–Kier alpha value is -1.56. The van der Waals surface area contributed by atoms with Gasteiger partial charge < -0.3 is 10.2 Å². The van der Waals surface area contributed by atoms with E-state index in [0.29, 0.717) is 19.6 Å². The zero-order valence-corrected chi connectivity index (χ0v) is 9.84. The third-order valence-corrected chi connectivity index (χ3v) is 2.99. The molecular weight excluding hydrogens is 245 g/mol. The second kappa shape index (κ2) is 4.97. The van der Waals surface area contributed by atoms with Gasteiger partial charge in [0, 0.05) is 31.2 Å². The molecule has 0 aromatic heterocycles. The maximum absolute atomic E-state index is 13.1. The van der Waals surface area contributed by atoms with E-state index >= 15 is 0 Å². The molecule has 0 radical (unpaired) electrons. The number of nitrogens with one attached hydrogen (secondary N) is 1. The summed E-state index contributed by atoms with van der Waals surface area (Å²) in [5, 5.41) is 3.10. The highest BCUT2D eigenvalue weighted by molar-refractivity contribution is 5.94. The molecule has 0 aliphatic carbocycles. The number of halogens is 3. The number of carbonyl (C=O) groups excluding carboxylic acids is 1. The summed E-state index contributed by atoms with van der Waals surface area (Å²) < 4.78 is 38.9. The van der Waals surface area contributed by atoms with Crippen LogP contribution in [-0.4, -0.2) is 36.5 Å². The molecule has 0 bridgehead atoms. The normalized spacial score (nSPS) is 20.0. The minimum Gasteiger partial charge on any atom is -0.333 e. The van der Waals surface area contributed by atoms with Gasteiger partial charge in [0.25, 0.3) is 5.91 Å². The average molecular weight is 258 g/mol. The molecule has 1 N–H and O–H groups in total. The van der Waals surface area contributed by atoms with Gasteiger partial charge in [0.05, 0.1) is 0 Å². The third kappa shape index (κ3) is 2.33. The van der Waals surface area contributed by atoms with Crippen LogP contribution in [0.15, 0.2) is 12.1 Å². The Balaban J connectivity index is 2.28. The summed E-state index contributed by atoms with van der Waals surface area (Å²) >= 11 is 0. The van der Waals surface area contributed by atoms with Crippen molar-refractivity contribution in [2.24, 2.45) is 0 Å². The van der Waals surface area contributed by atoms with Gasteiger partial charge >= 0.3 is 0 Å². The van der Waals surface area contributed by atoms with Crippen LogP contribution in [0.4, 0.5) is 13.2 Å². The van der Waals surface area contributed by atoms with Gasteiger partial charge in [-0.05, 0) is 19.1 Å². The molecule has 1 aromatic rings. The number of carbonyl (C=O) groups is 1. The predicted octanol–water partition coefficient (Wildman–Crippen LogP) is 1.54. The van der Waals surface area contributed by atoms with E-state index in [9.17, 15) is 18.0 Å². The van der Waals surface area contributed by atoms with Gasteiger partial charge in [0.1, 0.15) is 0 Å². The van der Waals surface area contributed by atoms with E-state index in [1.165, 1.54) is 4.90 Å². The molecule has 1 aromatic carbocycles. The minimum atomic E-state index is -1.56. The molecule has 1 atom stereocenters. The van der Waals surface area contributed by atoms with Crippen LogP contribution in [0, 0.1) is 17.5 Å². The maximum atomic E-state index is 13.1. The van der Waals surface area contributed by atoms with E-state index in [-0.39, 0.29) is 11.6 Å². The van der Waals surface area contributed by atoms with Crippen molar-refractivity contribution >= 4 is 5.91 Å². The Kier molecular flexibility index (Phi) is 3.56. The Morgan fingerprint density at radius 2 is 1.94 bits per heavy atom. The summed E-state index contributed by atoms with van der Waals surface area (Å²) in [6, 6.07) is 1.40. The summed E-state index contributed by atoms with van der Waals surface area (Å²) in [5.41, 5.74) is -0.167. The zero-order chi connectivity index (χ0) is 13.3. The minimum absolute atomic E-state index is 0.0672. The molecule has 1 saturated heterocycles. The molecule has 1 amide bonds. The first-order valence-corrected chi connectivity index (χ1v) is 5.67. The van der Waals surface area contributed by atoms with E-state index in [2.05, 4.69) is 5.32 Å². The van der Waals surface area contributed by atoms with Gasteiger partial charge in [0.15, 0.2) is 17.5 Å². The van der Waals surface area contributed by atoms with Crippen molar-refractivity contribution in [3.8, 4) is 0 Å².